The van der Waals surface area contributed by atoms with E-state index in [0.717, 1.165) is 6.42 Å². The Balaban J connectivity index is 2.84. The van der Waals surface area contributed by atoms with Crippen molar-refractivity contribution in [3.05, 3.63) is 23.8 Å². The zero-order valence-corrected chi connectivity index (χ0v) is 12.2. The van der Waals surface area contributed by atoms with Crippen LogP contribution in [-0.4, -0.2) is 21.7 Å². The molecule has 0 unspecified atom stereocenters. The molecule has 0 aliphatic rings. The van der Waals surface area contributed by atoms with Crippen LogP contribution in [0.15, 0.2) is 18.2 Å². The molecule has 0 aromatic heterocycles. The first-order valence-corrected chi connectivity index (χ1v) is 6.34. The molecule has 0 spiro atoms. The fraction of sp³-hybridized carbons (Fsp3) is 0.533. The molecular formula is C15H23NO3. The first-order chi connectivity index (χ1) is 8.48. The van der Waals surface area contributed by atoms with Crippen LogP contribution in [0.3, 0.4) is 0 Å². The van der Waals surface area contributed by atoms with Crippen molar-refractivity contribution in [1.29, 1.82) is 0 Å². The monoisotopic (exact) mass is 265 g/mol. The maximum Gasteiger partial charge on any atom is 0.251 e. The summed E-state index contributed by atoms with van der Waals surface area (Å²) in [6.07, 6.45) is 0.816. The lowest BCUT2D eigenvalue weighted by Crippen LogP contribution is -2.45. The highest BCUT2D eigenvalue weighted by atomic mass is 16.3. The van der Waals surface area contributed by atoms with Crippen LogP contribution in [0.5, 0.6) is 11.5 Å². The van der Waals surface area contributed by atoms with Crippen LogP contribution in [0.1, 0.15) is 51.4 Å². The van der Waals surface area contributed by atoms with Crippen molar-refractivity contribution in [3.8, 4) is 11.5 Å². The lowest BCUT2D eigenvalue weighted by Gasteiger charge is -2.33. The van der Waals surface area contributed by atoms with E-state index in [0.29, 0.717) is 0 Å². The minimum Gasteiger partial charge on any atom is -0.508 e. The van der Waals surface area contributed by atoms with Crippen molar-refractivity contribution in [3.63, 3.8) is 0 Å². The van der Waals surface area contributed by atoms with Gasteiger partial charge in [0.05, 0.1) is 0 Å². The molecule has 0 saturated heterocycles. The van der Waals surface area contributed by atoms with E-state index in [1.54, 1.807) is 0 Å². The molecule has 19 heavy (non-hydrogen) atoms. The number of phenols is 2. The second-order valence-electron chi connectivity index (χ2n) is 6.81. The third-order valence-corrected chi connectivity index (χ3v) is 2.59. The normalized spacial score (nSPS) is 12.3. The van der Waals surface area contributed by atoms with Crippen molar-refractivity contribution in [1.82, 2.24) is 5.32 Å². The maximum absolute atomic E-state index is 12.1. The topological polar surface area (TPSA) is 69.6 Å². The van der Waals surface area contributed by atoms with E-state index >= 15 is 0 Å². The quantitative estimate of drug-likeness (QED) is 0.786. The van der Waals surface area contributed by atoms with Crippen LogP contribution >= 0.6 is 0 Å². The molecule has 4 heteroatoms. The van der Waals surface area contributed by atoms with Gasteiger partial charge in [-0.05, 0) is 37.8 Å². The standard InChI is InChI=1S/C15H23NO3/c1-14(2,3)9-15(4,5)16-13(19)10-6-11(17)8-12(18)7-10/h6-8,17-18H,9H2,1-5H3,(H,16,19). The Morgan fingerprint density at radius 3 is 1.95 bits per heavy atom. The predicted molar refractivity (Wildman–Crippen MR) is 75.4 cm³/mol. The van der Waals surface area contributed by atoms with Crippen LogP contribution < -0.4 is 5.32 Å². The molecule has 0 radical (unpaired) electrons. The lowest BCUT2D eigenvalue weighted by atomic mass is 9.81. The largest absolute Gasteiger partial charge is 0.508 e. The Bertz CT molecular complexity index is 453. The Kier molecular flexibility index (Phi) is 4.13. The highest BCUT2D eigenvalue weighted by molar-refractivity contribution is 5.95. The van der Waals surface area contributed by atoms with Crippen molar-refractivity contribution >= 4 is 5.91 Å². The molecule has 0 saturated carbocycles. The van der Waals surface area contributed by atoms with Crippen LogP contribution in [0.25, 0.3) is 0 Å². The number of aromatic hydroxyl groups is 2. The van der Waals surface area contributed by atoms with E-state index in [2.05, 4.69) is 26.1 Å². The fourth-order valence-corrected chi connectivity index (χ4v) is 2.48. The van der Waals surface area contributed by atoms with Crippen molar-refractivity contribution < 1.29 is 15.0 Å². The number of rotatable bonds is 3. The first-order valence-electron chi connectivity index (χ1n) is 6.34. The molecule has 0 fully saturated rings. The van der Waals surface area contributed by atoms with Crippen LogP contribution in [0, 0.1) is 5.41 Å². The van der Waals surface area contributed by atoms with Gasteiger partial charge in [-0.3, -0.25) is 4.79 Å². The molecule has 1 rings (SSSR count). The van der Waals surface area contributed by atoms with Gasteiger partial charge in [0.25, 0.3) is 5.91 Å². The van der Waals surface area contributed by atoms with E-state index in [1.807, 2.05) is 13.8 Å². The zero-order valence-electron chi connectivity index (χ0n) is 12.2. The van der Waals surface area contributed by atoms with Gasteiger partial charge in [-0.15, -0.1) is 0 Å². The highest BCUT2D eigenvalue weighted by Gasteiger charge is 2.27. The molecule has 0 aliphatic carbocycles. The van der Waals surface area contributed by atoms with Gasteiger partial charge in [-0.2, -0.15) is 0 Å². The summed E-state index contributed by atoms with van der Waals surface area (Å²) in [7, 11) is 0. The predicted octanol–water partition coefficient (Wildman–Crippen LogP) is 3.04. The highest BCUT2D eigenvalue weighted by Crippen LogP contribution is 2.27. The first kappa shape index (κ1) is 15.3. The van der Waals surface area contributed by atoms with E-state index < -0.39 is 0 Å². The Labute approximate surface area is 114 Å². The third kappa shape index (κ3) is 5.20. The molecule has 1 aromatic carbocycles. The van der Waals surface area contributed by atoms with E-state index in [1.165, 1.54) is 18.2 Å². The molecule has 1 amide bonds. The smallest absolute Gasteiger partial charge is 0.251 e. The van der Waals surface area contributed by atoms with Gasteiger partial charge in [-0.1, -0.05) is 20.8 Å². The number of hydrogen-bond donors (Lipinski definition) is 3. The molecule has 0 atom stereocenters. The lowest BCUT2D eigenvalue weighted by molar-refractivity contribution is 0.0890. The molecule has 4 nitrogen and oxygen atoms in total. The Morgan fingerprint density at radius 2 is 1.53 bits per heavy atom. The summed E-state index contributed by atoms with van der Waals surface area (Å²) >= 11 is 0. The Morgan fingerprint density at radius 1 is 1.05 bits per heavy atom. The van der Waals surface area contributed by atoms with E-state index in [4.69, 9.17) is 0 Å². The van der Waals surface area contributed by atoms with Crippen LogP contribution in [0.2, 0.25) is 0 Å². The molecule has 106 valence electrons. The number of hydrogen-bond acceptors (Lipinski definition) is 3. The molecular weight excluding hydrogens is 242 g/mol. The summed E-state index contributed by atoms with van der Waals surface area (Å²) in [5, 5.41) is 21.7. The van der Waals surface area contributed by atoms with Crippen LogP contribution in [0.4, 0.5) is 0 Å². The van der Waals surface area contributed by atoms with Gasteiger partial charge < -0.3 is 15.5 Å². The van der Waals surface area contributed by atoms with E-state index in [-0.39, 0.29) is 33.9 Å². The number of benzene rings is 1. The van der Waals surface area contributed by atoms with Gasteiger partial charge >= 0.3 is 0 Å². The van der Waals surface area contributed by atoms with Gasteiger partial charge in [-0.25, -0.2) is 0 Å². The van der Waals surface area contributed by atoms with Gasteiger partial charge in [0.15, 0.2) is 0 Å². The molecule has 0 heterocycles. The molecule has 1 aromatic rings. The van der Waals surface area contributed by atoms with Gasteiger partial charge in [0, 0.05) is 17.2 Å². The maximum atomic E-state index is 12.1. The fourth-order valence-electron chi connectivity index (χ4n) is 2.48. The number of phenolic OH excluding ortho intramolecular Hbond substituents is 2. The minimum absolute atomic E-state index is 0.0950. The molecule has 0 aliphatic heterocycles. The third-order valence-electron chi connectivity index (χ3n) is 2.59. The summed E-state index contributed by atoms with van der Waals surface area (Å²) in [6.45, 7) is 10.3. The number of nitrogens with one attached hydrogen (secondary N) is 1. The average molecular weight is 265 g/mol. The van der Waals surface area contributed by atoms with Crippen LogP contribution in [-0.2, 0) is 0 Å². The number of amides is 1. The Hall–Kier alpha value is -1.71. The van der Waals surface area contributed by atoms with Crippen molar-refractivity contribution in [2.24, 2.45) is 5.41 Å². The van der Waals surface area contributed by atoms with Crippen molar-refractivity contribution in [2.75, 3.05) is 0 Å². The SMILES string of the molecule is CC(C)(C)CC(C)(C)NC(=O)c1cc(O)cc(O)c1. The number of carbonyl (C=O) groups excluding carboxylic acids is 1. The summed E-state index contributed by atoms with van der Waals surface area (Å²) in [4.78, 5) is 12.1. The molecule has 3 N–H and O–H groups in total. The van der Waals surface area contributed by atoms with Gasteiger partial charge in [0.2, 0.25) is 0 Å². The van der Waals surface area contributed by atoms with Crippen molar-refractivity contribution in [2.45, 2.75) is 46.6 Å². The minimum atomic E-state index is -0.365. The second-order valence-corrected chi connectivity index (χ2v) is 6.81. The number of carbonyl (C=O) groups is 1. The zero-order chi connectivity index (χ0) is 14.8. The molecule has 0 bridgehead atoms. The summed E-state index contributed by atoms with van der Waals surface area (Å²) in [6, 6.07) is 3.86. The average Bonchev–Trinajstić information content (AvgIpc) is 2.10. The van der Waals surface area contributed by atoms with E-state index in [9.17, 15) is 15.0 Å². The van der Waals surface area contributed by atoms with Gasteiger partial charge in [0.1, 0.15) is 11.5 Å². The summed E-state index contributed by atoms with van der Waals surface area (Å²) < 4.78 is 0. The summed E-state index contributed by atoms with van der Waals surface area (Å²) in [5.74, 6) is -0.557. The summed E-state index contributed by atoms with van der Waals surface area (Å²) in [5.41, 5.74) is -0.0202. The second kappa shape index (κ2) is 5.11.